The summed E-state index contributed by atoms with van der Waals surface area (Å²) in [6.45, 7) is 0. The first-order valence-electron chi connectivity index (χ1n) is 8.85. The molecule has 2 aromatic rings. The lowest BCUT2D eigenvalue weighted by molar-refractivity contribution is -0.467. The summed E-state index contributed by atoms with van der Waals surface area (Å²) in [5, 5.41) is 13.1. The topological polar surface area (TPSA) is 20.2 Å². The maximum absolute atomic E-state index is 11.8. The SMILES string of the molecule is OC1(c2cccc(Cl)c2-c2ccccc2Cl)C2CC3CC4CC1C342. The lowest BCUT2D eigenvalue weighted by atomic mass is 9.14. The molecule has 4 atom stereocenters. The van der Waals surface area contributed by atoms with Gasteiger partial charge in [-0.2, -0.15) is 0 Å². The summed E-state index contributed by atoms with van der Waals surface area (Å²) in [5.74, 6) is 2.61. The smallest absolute Gasteiger partial charge is 0.0970 e. The lowest BCUT2D eigenvalue weighted by Crippen LogP contribution is -2.89. The molecule has 4 aliphatic rings. The number of aliphatic hydroxyl groups is 1. The predicted octanol–water partition coefficient (Wildman–Crippen LogP) is 5.52. The fourth-order valence-corrected chi connectivity index (χ4v) is 7.51. The number of benzene rings is 2. The van der Waals surface area contributed by atoms with Crippen molar-refractivity contribution in [1.29, 1.82) is 0 Å². The Kier molecular flexibility index (Phi) is 2.48. The first-order valence-corrected chi connectivity index (χ1v) is 9.61. The molecule has 0 radical (unpaired) electrons. The molecule has 1 nitrogen and oxygen atoms in total. The zero-order chi connectivity index (χ0) is 16.3. The van der Waals surface area contributed by atoms with Gasteiger partial charge in [-0.3, -0.25) is 0 Å². The van der Waals surface area contributed by atoms with E-state index in [4.69, 9.17) is 23.2 Å². The summed E-state index contributed by atoms with van der Waals surface area (Å²) in [6, 6.07) is 13.7. The zero-order valence-corrected chi connectivity index (χ0v) is 14.7. The second-order valence-corrected chi connectivity index (χ2v) is 8.99. The summed E-state index contributed by atoms with van der Waals surface area (Å²) in [7, 11) is 0. The van der Waals surface area contributed by atoms with E-state index in [1.54, 1.807) is 0 Å². The molecule has 122 valence electrons. The summed E-state index contributed by atoms with van der Waals surface area (Å²) in [5.41, 5.74) is 2.62. The third kappa shape index (κ3) is 1.25. The molecule has 0 heterocycles. The van der Waals surface area contributed by atoms with Crippen molar-refractivity contribution in [1.82, 2.24) is 0 Å². The molecule has 24 heavy (non-hydrogen) atoms. The van der Waals surface area contributed by atoms with Crippen LogP contribution in [0, 0.1) is 29.1 Å². The van der Waals surface area contributed by atoms with E-state index >= 15 is 0 Å². The molecule has 2 aromatic carbocycles. The fraction of sp³-hybridized carbons (Fsp3) is 0.429. The highest BCUT2D eigenvalue weighted by molar-refractivity contribution is 6.36. The van der Waals surface area contributed by atoms with Crippen molar-refractivity contribution in [2.24, 2.45) is 29.1 Å². The predicted molar refractivity (Wildman–Crippen MR) is 96.0 cm³/mol. The largest absolute Gasteiger partial charge is 0.385 e. The highest BCUT2D eigenvalue weighted by Crippen LogP contribution is 2.92. The van der Waals surface area contributed by atoms with Crippen LogP contribution in [0.3, 0.4) is 0 Å². The van der Waals surface area contributed by atoms with Gasteiger partial charge in [-0.15, -0.1) is 0 Å². The first kappa shape index (κ1) is 14.2. The van der Waals surface area contributed by atoms with Crippen molar-refractivity contribution >= 4 is 23.2 Å². The van der Waals surface area contributed by atoms with Crippen LogP contribution in [0.4, 0.5) is 0 Å². The van der Waals surface area contributed by atoms with E-state index in [1.807, 2.05) is 36.4 Å². The Labute approximate surface area is 151 Å². The average molecular weight is 357 g/mol. The number of rotatable bonds is 2. The Balaban J connectivity index is 1.54. The molecule has 0 aliphatic heterocycles. The van der Waals surface area contributed by atoms with Crippen LogP contribution in [0.2, 0.25) is 10.0 Å². The summed E-state index contributed by atoms with van der Waals surface area (Å²) >= 11 is 13.1. The minimum Gasteiger partial charge on any atom is -0.385 e. The zero-order valence-electron chi connectivity index (χ0n) is 13.2. The van der Waals surface area contributed by atoms with Crippen LogP contribution >= 0.6 is 23.2 Å². The van der Waals surface area contributed by atoms with Crippen LogP contribution in [0.5, 0.6) is 0 Å². The van der Waals surface area contributed by atoms with Gasteiger partial charge in [0.1, 0.15) is 0 Å². The van der Waals surface area contributed by atoms with Crippen LogP contribution < -0.4 is 0 Å². The van der Waals surface area contributed by atoms with Crippen molar-refractivity contribution in [3.05, 3.63) is 58.1 Å². The maximum Gasteiger partial charge on any atom is 0.0970 e. The van der Waals surface area contributed by atoms with Gasteiger partial charge in [-0.05, 0) is 66.0 Å². The standard InChI is InChI=1S/C21H18Cl2O/c22-15-6-2-1-4-13(15)19-14(5-3-7-16(19)23)21(24)17-9-11-8-12-10-18(21)20(11,12)17/h1-7,11-12,17-18,24H,8-10H2. The third-order valence-electron chi connectivity index (χ3n) is 7.88. The Bertz CT molecular complexity index is 867. The lowest BCUT2D eigenvalue weighted by Gasteiger charge is -2.91. The van der Waals surface area contributed by atoms with Crippen LogP contribution in [0.15, 0.2) is 42.5 Å². The molecular formula is C21H18Cl2O. The quantitative estimate of drug-likeness (QED) is 0.750. The molecule has 3 heteroatoms. The Morgan fingerprint density at radius 3 is 2.17 bits per heavy atom. The van der Waals surface area contributed by atoms with Gasteiger partial charge >= 0.3 is 0 Å². The molecule has 0 saturated heterocycles. The van der Waals surface area contributed by atoms with Crippen LogP contribution in [0.25, 0.3) is 11.1 Å². The van der Waals surface area contributed by atoms with Gasteiger partial charge in [0.25, 0.3) is 0 Å². The molecular weight excluding hydrogens is 339 g/mol. The van der Waals surface area contributed by atoms with Gasteiger partial charge in [0.05, 0.1) is 5.60 Å². The van der Waals surface area contributed by atoms with Gasteiger partial charge in [-0.25, -0.2) is 0 Å². The van der Waals surface area contributed by atoms with Gasteiger partial charge in [0.15, 0.2) is 0 Å². The van der Waals surface area contributed by atoms with Crippen LogP contribution in [0.1, 0.15) is 24.8 Å². The number of hydrogen-bond donors (Lipinski definition) is 1. The van der Waals surface area contributed by atoms with E-state index in [-0.39, 0.29) is 0 Å². The van der Waals surface area contributed by atoms with Crippen molar-refractivity contribution in [3.8, 4) is 11.1 Å². The molecule has 6 rings (SSSR count). The normalized spacial score (nSPS) is 43.5. The average Bonchev–Trinajstić information content (AvgIpc) is 2.51. The van der Waals surface area contributed by atoms with Crippen molar-refractivity contribution < 1.29 is 5.11 Å². The van der Waals surface area contributed by atoms with Crippen LogP contribution in [-0.4, -0.2) is 5.11 Å². The molecule has 1 N–H and O–H groups in total. The van der Waals surface area contributed by atoms with Gasteiger partial charge in [-0.1, -0.05) is 53.5 Å². The molecule has 4 unspecified atom stereocenters. The summed E-state index contributed by atoms with van der Waals surface area (Å²) < 4.78 is 0. The minimum absolute atomic E-state index is 0.423. The minimum atomic E-state index is -0.715. The molecule has 0 amide bonds. The number of hydrogen-bond acceptors (Lipinski definition) is 1. The van der Waals surface area contributed by atoms with Crippen molar-refractivity contribution in [3.63, 3.8) is 0 Å². The van der Waals surface area contributed by atoms with E-state index in [0.29, 0.717) is 27.3 Å². The second kappa shape index (κ2) is 4.20. The third-order valence-corrected chi connectivity index (χ3v) is 8.53. The van der Waals surface area contributed by atoms with Gasteiger partial charge in [0.2, 0.25) is 0 Å². The van der Waals surface area contributed by atoms with E-state index in [1.165, 1.54) is 19.3 Å². The highest BCUT2D eigenvalue weighted by Gasteiger charge is 2.89. The van der Waals surface area contributed by atoms with Crippen molar-refractivity contribution in [2.75, 3.05) is 0 Å². The van der Waals surface area contributed by atoms with Gasteiger partial charge < -0.3 is 5.11 Å². The van der Waals surface area contributed by atoms with Gasteiger partial charge in [0, 0.05) is 21.2 Å². The molecule has 4 fully saturated rings. The van der Waals surface area contributed by atoms with Crippen molar-refractivity contribution in [2.45, 2.75) is 24.9 Å². The molecule has 1 spiro atoms. The first-order chi connectivity index (χ1) is 11.6. The Hall–Kier alpha value is -1.02. The second-order valence-electron chi connectivity index (χ2n) is 8.17. The van der Waals surface area contributed by atoms with E-state index in [2.05, 4.69) is 6.07 Å². The van der Waals surface area contributed by atoms with E-state index in [9.17, 15) is 5.11 Å². The maximum atomic E-state index is 11.8. The van der Waals surface area contributed by atoms with Crippen LogP contribution in [-0.2, 0) is 5.60 Å². The highest BCUT2D eigenvalue weighted by atomic mass is 35.5. The fourth-order valence-electron chi connectivity index (χ4n) is 7.00. The molecule has 0 bridgehead atoms. The molecule has 0 aromatic heterocycles. The number of halogens is 2. The summed E-state index contributed by atoms with van der Waals surface area (Å²) in [6.07, 6.45) is 3.76. The van der Waals surface area contributed by atoms with E-state index < -0.39 is 5.60 Å². The molecule has 4 aliphatic carbocycles. The Morgan fingerprint density at radius 1 is 0.833 bits per heavy atom. The Morgan fingerprint density at radius 2 is 1.50 bits per heavy atom. The summed E-state index contributed by atoms with van der Waals surface area (Å²) in [4.78, 5) is 0. The van der Waals surface area contributed by atoms with E-state index in [0.717, 1.165) is 28.5 Å². The molecule has 4 saturated carbocycles. The monoisotopic (exact) mass is 356 g/mol.